The lowest BCUT2D eigenvalue weighted by Gasteiger charge is -2.30. The molecule has 1 aromatic carbocycles. The quantitative estimate of drug-likeness (QED) is 0.897. The molecule has 0 unspecified atom stereocenters. The van der Waals surface area contributed by atoms with Gasteiger partial charge in [0.2, 0.25) is 5.91 Å². The maximum absolute atomic E-state index is 11.9. The van der Waals surface area contributed by atoms with Crippen LogP contribution in [0.15, 0.2) is 24.3 Å². The summed E-state index contributed by atoms with van der Waals surface area (Å²) in [5.41, 5.74) is 1.09. The van der Waals surface area contributed by atoms with Crippen molar-refractivity contribution in [3.63, 3.8) is 0 Å². The minimum absolute atomic E-state index is 0. The van der Waals surface area contributed by atoms with Crippen LogP contribution in [0.1, 0.15) is 5.56 Å². The first-order valence-electron chi connectivity index (χ1n) is 5.79. The van der Waals surface area contributed by atoms with Crippen LogP contribution in [-0.4, -0.2) is 38.1 Å². The number of halogens is 1. The summed E-state index contributed by atoms with van der Waals surface area (Å²) in [5.74, 6) is 1.20. The van der Waals surface area contributed by atoms with Crippen molar-refractivity contribution in [1.29, 1.82) is 0 Å². The number of carbonyl (C=O) groups excluding carboxylic acids is 1. The van der Waals surface area contributed by atoms with Crippen molar-refractivity contribution in [1.82, 2.24) is 10.2 Å². The van der Waals surface area contributed by atoms with Gasteiger partial charge in [0.1, 0.15) is 5.75 Å². The molecule has 5 heteroatoms. The van der Waals surface area contributed by atoms with Crippen molar-refractivity contribution in [3.05, 3.63) is 29.8 Å². The first-order valence-corrected chi connectivity index (χ1v) is 5.79. The van der Waals surface area contributed by atoms with Gasteiger partial charge < -0.3 is 15.0 Å². The number of rotatable bonds is 4. The fourth-order valence-electron chi connectivity index (χ4n) is 1.90. The van der Waals surface area contributed by atoms with Crippen LogP contribution in [0.3, 0.4) is 0 Å². The summed E-state index contributed by atoms with van der Waals surface area (Å²) < 4.78 is 5.16. The van der Waals surface area contributed by atoms with E-state index in [4.69, 9.17) is 4.74 Å². The van der Waals surface area contributed by atoms with E-state index in [2.05, 4.69) is 5.32 Å². The van der Waals surface area contributed by atoms with E-state index in [9.17, 15) is 4.79 Å². The molecule has 1 amide bonds. The number of amides is 1. The second kappa shape index (κ2) is 6.61. The summed E-state index contributed by atoms with van der Waals surface area (Å²) in [6.45, 7) is 2.25. The van der Waals surface area contributed by atoms with Crippen LogP contribution in [0.25, 0.3) is 0 Å². The largest absolute Gasteiger partial charge is 0.497 e. The molecule has 0 spiro atoms. The average Bonchev–Trinajstić information content (AvgIpc) is 2.27. The Morgan fingerprint density at radius 3 is 2.78 bits per heavy atom. The molecule has 2 rings (SSSR count). The number of benzene rings is 1. The van der Waals surface area contributed by atoms with Gasteiger partial charge in [0.05, 0.1) is 13.0 Å². The molecule has 1 N–H and O–H groups in total. The Balaban J connectivity index is 0.00000162. The smallest absolute Gasteiger partial charge is 0.228 e. The Morgan fingerprint density at radius 1 is 1.50 bits per heavy atom. The van der Waals surface area contributed by atoms with Crippen LogP contribution < -0.4 is 10.1 Å². The number of nitrogens with zero attached hydrogens (tertiary/aromatic N) is 1. The maximum Gasteiger partial charge on any atom is 0.228 e. The minimum atomic E-state index is 0. The summed E-state index contributed by atoms with van der Waals surface area (Å²) in [7, 11) is 3.49. The zero-order chi connectivity index (χ0) is 12.3. The van der Waals surface area contributed by atoms with E-state index in [1.807, 2.05) is 31.3 Å². The molecule has 1 heterocycles. The molecule has 0 bridgehead atoms. The highest BCUT2D eigenvalue weighted by molar-refractivity contribution is 5.85. The second-order valence-electron chi connectivity index (χ2n) is 4.40. The molecule has 18 heavy (non-hydrogen) atoms. The molecule has 1 aliphatic heterocycles. The number of hydrogen-bond acceptors (Lipinski definition) is 3. The van der Waals surface area contributed by atoms with E-state index >= 15 is 0 Å². The van der Waals surface area contributed by atoms with Crippen LogP contribution in [0.4, 0.5) is 0 Å². The maximum atomic E-state index is 11.9. The highest BCUT2D eigenvalue weighted by atomic mass is 35.5. The van der Waals surface area contributed by atoms with Crippen molar-refractivity contribution in [3.8, 4) is 5.75 Å². The van der Waals surface area contributed by atoms with Gasteiger partial charge in [-0.15, -0.1) is 12.4 Å². The van der Waals surface area contributed by atoms with E-state index in [1.54, 1.807) is 12.0 Å². The van der Waals surface area contributed by atoms with Crippen LogP contribution in [-0.2, 0) is 11.3 Å². The lowest BCUT2D eigenvalue weighted by atomic mass is 10.0. The lowest BCUT2D eigenvalue weighted by molar-refractivity contribution is -0.136. The highest BCUT2D eigenvalue weighted by Crippen LogP contribution is 2.15. The zero-order valence-electron chi connectivity index (χ0n) is 10.7. The van der Waals surface area contributed by atoms with Gasteiger partial charge >= 0.3 is 0 Å². The summed E-state index contributed by atoms with van der Waals surface area (Å²) in [4.78, 5) is 13.7. The fourth-order valence-corrected chi connectivity index (χ4v) is 1.90. The third-order valence-corrected chi connectivity index (χ3v) is 3.06. The van der Waals surface area contributed by atoms with Crippen LogP contribution in [0.2, 0.25) is 0 Å². The Hall–Kier alpha value is -1.26. The van der Waals surface area contributed by atoms with Crippen LogP contribution in [0.5, 0.6) is 5.75 Å². The summed E-state index contributed by atoms with van der Waals surface area (Å²) in [5, 5.41) is 3.11. The topological polar surface area (TPSA) is 41.6 Å². The van der Waals surface area contributed by atoms with Crippen molar-refractivity contribution in [2.45, 2.75) is 6.54 Å². The van der Waals surface area contributed by atoms with Crippen molar-refractivity contribution in [2.75, 3.05) is 27.2 Å². The number of nitrogens with one attached hydrogen (secondary N) is 1. The normalized spacial score (nSPS) is 14.3. The number of ether oxygens (including phenoxy) is 1. The third-order valence-electron chi connectivity index (χ3n) is 3.06. The molecule has 0 atom stereocenters. The highest BCUT2D eigenvalue weighted by Gasteiger charge is 2.27. The van der Waals surface area contributed by atoms with Gasteiger partial charge in [0.25, 0.3) is 0 Å². The minimum Gasteiger partial charge on any atom is -0.497 e. The third kappa shape index (κ3) is 3.37. The molecule has 1 fully saturated rings. The Morgan fingerprint density at radius 2 is 2.22 bits per heavy atom. The summed E-state index contributed by atoms with van der Waals surface area (Å²) in [6, 6.07) is 7.81. The Kier molecular flexibility index (Phi) is 5.44. The van der Waals surface area contributed by atoms with Gasteiger partial charge in [0.15, 0.2) is 0 Å². The molecule has 100 valence electrons. The van der Waals surface area contributed by atoms with Crippen molar-refractivity contribution >= 4 is 18.3 Å². The standard InChI is InChI=1S/C13H18N2O2.ClH/c1-15(13(16)11-7-14-8-11)9-10-4-3-5-12(6-10)17-2;/h3-6,11,14H,7-9H2,1-2H3;1H. The predicted molar refractivity (Wildman–Crippen MR) is 73.1 cm³/mol. The van der Waals surface area contributed by atoms with Gasteiger partial charge in [-0.3, -0.25) is 4.79 Å². The molecular weight excluding hydrogens is 252 g/mol. The summed E-state index contributed by atoms with van der Waals surface area (Å²) in [6.07, 6.45) is 0. The van der Waals surface area contributed by atoms with E-state index < -0.39 is 0 Å². The summed E-state index contributed by atoms with van der Waals surface area (Å²) >= 11 is 0. The van der Waals surface area contributed by atoms with Crippen LogP contribution in [0, 0.1) is 5.92 Å². The molecule has 0 aromatic heterocycles. The average molecular weight is 271 g/mol. The van der Waals surface area contributed by atoms with Crippen molar-refractivity contribution < 1.29 is 9.53 Å². The van der Waals surface area contributed by atoms with Crippen LogP contribution >= 0.6 is 12.4 Å². The molecule has 4 nitrogen and oxygen atoms in total. The van der Waals surface area contributed by atoms with E-state index in [1.165, 1.54) is 0 Å². The monoisotopic (exact) mass is 270 g/mol. The van der Waals surface area contributed by atoms with E-state index in [0.29, 0.717) is 6.54 Å². The molecular formula is C13H19ClN2O2. The van der Waals surface area contributed by atoms with Gasteiger partial charge in [-0.05, 0) is 17.7 Å². The van der Waals surface area contributed by atoms with Gasteiger partial charge in [-0.2, -0.15) is 0 Å². The second-order valence-corrected chi connectivity index (χ2v) is 4.40. The van der Waals surface area contributed by atoms with E-state index in [-0.39, 0.29) is 24.2 Å². The first-order chi connectivity index (χ1) is 8.20. The van der Waals surface area contributed by atoms with Gasteiger partial charge in [0, 0.05) is 26.7 Å². The first kappa shape index (κ1) is 14.8. The predicted octanol–water partition coefficient (Wildman–Crippen LogP) is 1.29. The Bertz CT molecular complexity index is 408. The number of carbonyl (C=O) groups is 1. The lowest BCUT2D eigenvalue weighted by Crippen LogP contribution is -2.50. The van der Waals surface area contributed by atoms with Gasteiger partial charge in [-0.1, -0.05) is 12.1 Å². The molecule has 1 aromatic rings. The molecule has 1 aliphatic rings. The number of methoxy groups -OCH3 is 1. The van der Waals surface area contributed by atoms with E-state index in [0.717, 1.165) is 24.4 Å². The Labute approximate surface area is 114 Å². The molecule has 0 aliphatic carbocycles. The fraction of sp³-hybridized carbons (Fsp3) is 0.462. The SMILES string of the molecule is COc1cccc(CN(C)C(=O)C2CNC2)c1.Cl. The molecule has 1 saturated heterocycles. The number of hydrogen-bond donors (Lipinski definition) is 1. The van der Waals surface area contributed by atoms with Gasteiger partial charge in [-0.25, -0.2) is 0 Å². The van der Waals surface area contributed by atoms with Crippen molar-refractivity contribution in [2.24, 2.45) is 5.92 Å². The molecule has 0 radical (unpaired) electrons. The zero-order valence-corrected chi connectivity index (χ0v) is 11.5. The molecule has 0 saturated carbocycles.